The Labute approximate surface area is 149 Å². The van der Waals surface area contributed by atoms with Crippen LogP contribution in [0.2, 0.25) is 0 Å². The summed E-state index contributed by atoms with van der Waals surface area (Å²) in [5.41, 5.74) is -1.26. The number of hydrogen-bond acceptors (Lipinski definition) is 6. The topological polar surface area (TPSA) is 112 Å². The third-order valence-electron chi connectivity index (χ3n) is 2.78. The normalized spacial score (nSPS) is 13.0. The van der Waals surface area contributed by atoms with Crippen molar-refractivity contribution < 1.29 is 39.4 Å². The molecule has 0 fully saturated rings. The summed E-state index contributed by atoms with van der Waals surface area (Å²) in [7, 11) is 0. The van der Waals surface area contributed by atoms with Gasteiger partial charge in [-0.05, 0) is 54.4 Å². The van der Waals surface area contributed by atoms with E-state index in [-0.39, 0.29) is 38.5 Å². The van der Waals surface area contributed by atoms with Gasteiger partial charge in [0, 0.05) is 25.7 Å². The fourth-order valence-electron chi connectivity index (χ4n) is 1.73. The lowest BCUT2D eigenvalue weighted by Gasteiger charge is -2.35. The van der Waals surface area contributed by atoms with Gasteiger partial charge in [-0.2, -0.15) is 9.78 Å². The van der Waals surface area contributed by atoms with Crippen molar-refractivity contribution in [3.05, 3.63) is 0 Å². The second-order valence-corrected chi connectivity index (χ2v) is 7.96. The number of carboxylic acids is 2. The van der Waals surface area contributed by atoms with E-state index in [1.807, 2.05) is 0 Å². The molecular formula is C17H32O8. The largest absolute Gasteiger partial charge is 0.481 e. The number of carbonyl (C=O) groups is 2. The van der Waals surface area contributed by atoms with Gasteiger partial charge < -0.3 is 10.2 Å². The number of rotatable bonds is 12. The summed E-state index contributed by atoms with van der Waals surface area (Å²) in [6, 6.07) is 0. The molecule has 148 valence electrons. The molecule has 25 heavy (non-hydrogen) atoms. The highest BCUT2D eigenvalue weighted by atomic mass is 17.3. The van der Waals surface area contributed by atoms with Crippen molar-refractivity contribution in [1.29, 1.82) is 0 Å². The average molecular weight is 364 g/mol. The van der Waals surface area contributed by atoms with E-state index in [0.29, 0.717) is 0 Å². The van der Waals surface area contributed by atoms with Crippen LogP contribution in [0.3, 0.4) is 0 Å². The lowest BCUT2D eigenvalue weighted by Crippen LogP contribution is -2.41. The van der Waals surface area contributed by atoms with Gasteiger partial charge in [0.1, 0.15) is 0 Å². The summed E-state index contributed by atoms with van der Waals surface area (Å²) in [5, 5.41) is 17.7. The second kappa shape index (κ2) is 10.1. The van der Waals surface area contributed by atoms with Crippen molar-refractivity contribution in [2.24, 2.45) is 0 Å². The minimum atomic E-state index is -1.38. The first-order valence-electron chi connectivity index (χ1n) is 8.42. The molecular weight excluding hydrogens is 332 g/mol. The van der Waals surface area contributed by atoms with E-state index in [1.165, 1.54) is 0 Å². The molecule has 0 saturated carbocycles. The number of aliphatic carboxylic acids is 2. The van der Waals surface area contributed by atoms with Gasteiger partial charge in [-0.3, -0.25) is 9.59 Å². The minimum absolute atomic E-state index is 0.0710. The standard InChI is InChI=1S/C17H32O8/c1-15(2,3)22-24-17(11-7-9-13(18)19,12-8-10-14(20)21)25-23-16(4,5)6/h7-12H2,1-6H3,(H,18,19)(H,20,21). The fraction of sp³-hybridized carbons (Fsp3) is 0.882. The first kappa shape index (κ1) is 23.8. The Morgan fingerprint density at radius 2 is 1.00 bits per heavy atom. The van der Waals surface area contributed by atoms with E-state index in [2.05, 4.69) is 0 Å². The Balaban J connectivity index is 5.18. The van der Waals surface area contributed by atoms with Crippen LogP contribution in [0, 0.1) is 0 Å². The molecule has 0 unspecified atom stereocenters. The molecule has 0 rings (SSSR count). The molecule has 0 aromatic carbocycles. The minimum Gasteiger partial charge on any atom is -0.481 e. The molecule has 0 spiro atoms. The SMILES string of the molecule is CC(C)(C)OOC(CCCC(=O)O)(CCCC(=O)O)OOC(C)(C)C. The van der Waals surface area contributed by atoms with Crippen LogP contribution >= 0.6 is 0 Å². The molecule has 0 aliphatic heterocycles. The van der Waals surface area contributed by atoms with Crippen LogP contribution in [0.4, 0.5) is 0 Å². The molecule has 0 bridgehead atoms. The molecule has 0 saturated heterocycles. The highest BCUT2D eigenvalue weighted by molar-refractivity contribution is 5.66. The molecule has 0 amide bonds. The van der Waals surface area contributed by atoms with E-state index in [4.69, 9.17) is 29.8 Å². The zero-order valence-electron chi connectivity index (χ0n) is 16.1. The first-order chi connectivity index (χ1) is 11.2. The van der Waals surface area contributed by atoms with Gasteiger partial charge >= 0.3 is 11.9 Å². The van der Waals surface area contributed by atoms with E-state index in [9.17, 15) is 9.59 Å². The van der Waals surface area contributed by atoms with Crippen LogP contribution < -0.4 is 0 Å². The Morgan fingerprint density at radius 1 is 0.680 bits per heavy atom. The second-order valence-electron chi connectivity index (χ2n) is 7.96. The fourth-order valence-corrected chi connectivity index (χ4v) is 1.73. The van der Waals surface area contributed by atoms with Crippen LogP contribution in [-0.4, -0.2) is 39.1 Å². The summed E-state index contributed by atoms with van der Waals surface area (Å²) in [5.74, 6) is -3.26. The van der Waals surface area contributed by atoms with Crippen molar-refractivity contribution >= 4 is 11.9 Å². The Kier molecular flexibility index (Phi) is 9.57. The highest BCUT2D eigenvalue weighted by Crippen LogP contribution is 2.31. The third kappa shape index (κ3) is 13.7. The lowest BCUT2D eigenvalue weighted by molar-refractivity contribution is -0.543. The van der Waals surface area contributed by atoms with Crippen molar-refractivity contribution in [2.45, 2.75) is 97.1 Å². The summed E-state index contributed by atoms with van der Waals surface area (Å²) in [6.45, 7) is 10.7. The number of hydrogen-bond donors (Lipinski definition) is 2. The summed E-state index contributed by atoms with van der Waals surface area (Å²) >= 11 is 0. The average Bonchev–Trinajstić information content (AvgIpc) is 2.40. The Morgan fingerprint density at radius 3 is 1.24 bits per heavy atom. The zero-order valence-corrected chi connectivity index (χ0v) is 16.1. The molecule has 2 N–H and O–H groups in total. The van der Waals surface area contributed by atoms with Crippen LogP contribution in [-0.2, 0) is 29.1 Å². The maximum atomic E-state index is 10.8. The maximum absolute atomic E-state index is 10.8. The van der Waals surface area contributed by atoms with E-state index >= 15 is 0 Å². The predicted molar refractivity (Wildman–Crippen MR) is 89.6 cm³/mol. The van der Waals surface area contributed by atoms with Gasteiger partial charge in [0.2, 0.25) is 5.79 Å². The van der Waals surface area contributed by atoms with Crippen molar-refractivity contribution in [2.75, 3.05) is 0 Å². The van der Waals surface area contributed by atoms with E-state index < -0.39 is 28.9 Å². The zero-order chi connectivity index (χ0) is 19.7. The van der Waals surface area contributed by atoms with E-state index in [1.54, 1.807) is 41.5 Å². The first-order valence-corrected chi connectivity index (χ1v) is 8.42. The maximum Gasteiger partial charge on any atom is 0.303 e. The van der Waals surface area contributed by atoms with Gasteiger partial charge in [0.25, 0.3) is 0 Å². The van der Waals surface area contributed by atoms with E-state index in [0.717, 1.165) is 0 Å². The third-order valence-corrected chi connectivity index (χ3v) is 2.78. The molecule has 0 radical (unpaired) electrons. The summed E-state index contributed by atoms with van der Waals surface area (Å²) < 4.78 is 0. The van der Waals surface area contributed by atoms with Gasteiger partial charge in [0.15, 0.2) is 0 Å². The van der Waals surface area contributed by atoms with Crippen molar-refractivity contribution in [3.63, 3.8) is 0 Å². The van der Waals surface area contributed by atoms with Crippen molar-refractivity contribution in [3.8, 4) is 0 Å². The highest BCUT2D eigenvalue weighted by Gasteiger charge is 2.38. The van der Waals surface area contributed by atoms with Crippen LogP contribution in [0.1, 0.15) is 80.1 Å². The van der Waals surface area contributed by atoms with Crippen LogP contribution in [0.25, 0.3) is 0 Å². The van der Waals surface area contributed by atoms with Gasteiger partial charge in [-0.1, -0.05) is 0 Å². The number of carboxylic acid groups (broad SMARTS) is 2. The molecule has 0 aliphatic carbocycles. The molecule has 0 atom stereocenters. The molecule has 0 aromatic rings. The van der Waals surface area contributed by atoms with Crippen LogP contribution in [0.15, 0.2) is 0 Å². The monoisotopic (exact) mass is 364 g/mol. The molecule has 8 nitrogen and oxygen atoms in total. The predicted octanol–water partition coefficient (Wildman–Crippen LogP) is 3.69. The Bertz CT molecular complexity index is 379. The quantitative estimate of drug-likeness (QED) is 0.306. The summed E-state index contributed by atoms with van der Waals surface area (Å²) in [4.78, 5) is 43.4. The van der Waals surface area contributed by atoms with Gasteiger partial charge in [-0.15, -0.1) is 0 Å². The lowest BCUT2D eigenvalue weighted by atomic mass is 10.0. The molecule has 8 heteroatoms. The van der Waals surface area contributed by atoms with Gasteiger partial charge in [-0.25, -0.2) is 9.78 Å². The molecule has 0 heterocycles. The van der Waals surface area contributed by atoms with Crippen molar-refractivity contribution in [1.82, 2.24) is 0 Å². The Hall–Kier alpha value is -1.22. The van der Waals surface area contributed by atoms with Crippen LogP contribution in [0.5, 0.6) is 0 Å². The smallest absolute Gasteiger partial charge is 0.303 e. The summed E-state index contributed by atoms with van der Waals surface area (Å²) in [6.07, 6.45) is 0.764. The molecule has 0 aliphatic rings. The van der Waals surface area contributed by atoms with Gasteiger partial charge in [0.05, 0.1) is 11.2 Å². The molecule has 0 aromatic heterocycles.